The van der Waals surface area contributed by atoms with Crippen LogP contribution < -0.4 is 5.32 Å². The number of hydrogen-bond acceptors (Lipinski definition) is 4. The molecule has 0 saturated carbocycles. The minimum Gasteiger partial charge on any atom is -0.361 e. The molecule has 0 saturated heterocycles. The number of benzene rings is 1. The normalized spacial score (nSPS) is 11.6. The molecule has 0 aliphatic carbocycles. The number of hydrogen-bond donors (Lipinski definition) is 2. The molecule has 6 nitrogen and oxygen atoms in total. The highest BCUT2D eigenvalue weighted by Crippen LogP contribution is 2.35. The second kappa shape index (κ2) is 6.28. The van der Waals surface area contributed by atoms with Gasteiger partial charge in [-0.15, -0.1) is 0 Å². The van der Waals surface area contributed by atoms with E-state index in [1.165, 1.54) is 25.3 Å². The van der Waals surface area contributed by atoms with E-state index in [9.17, 15) is 22.4 Å². The number of aromatic nitrogens is 3. The highest BCUT2D eigenvalue weighted by Gasteiger charge is 2.36. The zero-order valence-corrected chi connectivity index (χ0v) is 13.5. The fourth-order valence-corrected chi connectivity index (χ4v) is 2.44. The molecule has 10 heteroatoms. The molecule has 1 aromatic carbocycles. The molecule has 3 rings (SSSR count). The minimum atomic E-state index is -4.61. The van der Waals surface area contributed by atoms with Gasteiger partial charge in [-0.3, -0.25) is 9.89 Å². The van der Waals surface area contributed by atoms with Crippen LogP contribution in [0.1, 0.15) is 27.4 Å². The van der Waals surface area contributed by atoms with Gasteiger partial charge in [0.15, 0.2) is 0 Å². The molecule has 3 aromatic rings. The largest absolute Gasteiger partial charge is 0.433 e. The van der Waals surface area contributed by atoms with Crippen molar-refractivity contribution in [2.75, 3.05) is 5.32 Å². The lowest BCUT2D eigenvalue weighted by molar-refractivity contribution is -0.141. The Morgan fingerprint density at radius 2 is 2.00 bits per heavy atom. The van der Waals surface area contributed by atoms with Gasteiger partial charge in [0.2, 0.25) is 0 Å². The average Bonchev–Trinajstić information content (AvgIpc) is 3.13. The molecule has 0 bridgehead atoms. The van der Waals surface area contributed by atoms with E-state index in [2.05, 4.69) is 15.6 Å². The standard InChI is InChI=1S/C16H12F4N4O2/c1-7-13(23-24-14(7)16(18,19)20)10-4-3-9(5-12(10)17)22-15(25)11-6-21-26-8(11)2/h3-6H,1-2H3,(H,22,25)(H,23,24). The number of aromatic amines is 1. The van der Waals surface area contributed by atoms with Crippen LogP contribution in [0, 0.1) is 19.7 Å². The summed E-state index contributed by atoms with van der Waals surface area (Å²) < 4.78 is 57.6. The summed E-state index contributed by atoms with van der Waals surface area (Å²) in [7, 11) is 0. The number of halogens is 4. The van der Waals surface area contributed by atoms with E-state index in [1.807, 2.05) is 5.10 Å². The number of rotatable bonds is 3. The molecule has 0 fully saturated rings. The first-order valence-electron chi connectivity index (χ1n) is 7.33. The fraction of sp³-hybridized carbons (Fsp3) is 0.188. The maximum absolute atomic E-state index is 14.4. The van der Waals surface area contributed by atoms with Gasteiger partial charge in [0.25, 0.3) is 5.91 Å². The van der Waals surface area contributed by atoms with E-state index in [0.717, 1.165) is 6.07 Å². The molecule has 0 unspecified atom stereocenters. The monoisotopic (exact) mass is 368 g/mol. The third-order valence-corrected chi connectivity index (χ3v) is 3.77. The van der Waals surface area contributed by atoms with Crippen LogP contribution >= 0.6 is 0 Å². The van der Waals surface area contributed by atoms with Gasteiger partial charge in [0, 0.05) is 16.8 Å². The number of aryl methyl sites for hydroxylation is 1. The molecule has 0 aliphatic heterocycles. The molecule has 2 aromatic heterocycles. The Hall–Kier alpha value is -3.17. The molecule has 0 aliphatic rings. The van der Waals surface area contributed by atoms with Crippen molar-refractivity contribution in [3.8, 4) is 11.3 Å². The topological polar surface area (TPSA) is 83.8 Å². The van der Waals surface area contributed by atoms with Gasteiger partial charge < -0.3 is 9.84 Å². The summed E-state index contributed by atoms with van der Waals surface area (Å²) in [6.45, 7) is 2.75. The molecule has 2 N–H and O–H groups in total. The van der Waals surface area contributed by atoms with Crippen LogP contribution in [0.25, 0.3) is 11.3 Å². The Kier molecular flexibility index (Phi) is 4.26. The van der Waals surface area contributed by atoms with Crippen LogP contribution in [-0.4, -0.2) is 21.3 Å². The molecule has 1 amide bonds. The second-order valence-corrected chi connectivity index (χ2v) is 5.51. The van der Waals surface area contributed by atoms with Gasteiger partial charge in [0.05, 0.1) is 11.9 Å². The summed E-state index contributed by atoms with van der Waals surface area (Å²) in [5.74, 6) is -1.08. The van der Waals surface area contributed by atoms with Crippen molar-refractivity contribution < 1.29 is 26.9 Å². The van der Waals surface area contributed by atoms with E-state index in [-0.39, 0.29) is 28.1 Å². The SMILES string of the molecule is Cc1oncc1C(=O)Nc1ccc(-c2n[nH]c(C(F)(F)F)c2C)c(F)c1. The minimum absolute atomic E-state index is 0.117. The van der Waals surface area contributed by atoms with Crippen molar-refractivity contribution in [3.63, 3.8) is 0 Å². The van der Waals surface area contributed by atoms with E-state index >= 15 is 0 Å². The zero-order chi connectivity index (χ0) is 19.1. The predicted octanol–water partition coefficient (Wildman–Crippen LogP) is 4.09. The number of alkyl halides is 3. The van der Waals surface area contributed by atoms with Gasteiger partial charge in [-0.05, 0) is 32.0 Å². The van der Waals surface area contributed by atoms with Crippen LogP contribution in [0.15, 0.2) is 28.9 Å². The zero-order valence-electron chi connectivity index (χ0n) is 13.5. The number of carbonyl (C=O) groups excluding carboxylic acids is 1. The van der Waals surface area contributed by atoms with Crippen LogP contribution in [-0.2, 0) is 6.18 Å². The lowest BCUT2D eigenvalue weighted by atomic mass is 10.1. The number of anilines is 1. The van der Waals surface area contributed by atoms with E-state index in [0.29, 0.717) is 5.76 Å². The van der Waals surface area contributed by atoms with E-state index < -0.39 is 23.6 Å². The maximum atomic E-state index is 14.4. The van der Waals surface area contributed by atoms with Gasteiger partial charge in [0.1, 0.15) is 22.8 Å². The van der Waals surface area contributed by atoms with Crippen LogP contribution in [0.2, 0.25) is 0 Å². The van der Waals surface area contributed by atoms with Crippen molar-refractivity contribution in [2.45, 2.75) is 20.0 Å². The lowest BCUT2D eigenvalue weighted by Crippen LogP contribution is -2.12. The maximum Gasteiger partial charge on any atom is 0.433 e. The van der Waals surface area contributed by atoms with E-state index in [1.54, 1.807) is 6.92 Å². The van der Waals surface area contributed by atoms with Crippen molar-refractivity contribution in [3.05, 3.63) is 52.8 Å². The number of amides is 1. The van der Waals surface area contributed by atoms with Gasteiger partial charge in [-0.2, -0.15) is 18.3 Å². The highest BCUT2D eigenvalue weighted by molar-refractivity contribution is 6.04. The molecule has 0 spiro atoms. The second-order valence-electron chi connectivity index (χ2n) is 5.51. The van der Waals surface area contributed by atoms with Crippen LogP contribution in [0.4, 0.5) is 23.2 Å². The summed E-state index contributed by atoms with van der Waals surface area (Å²) in [4.78, 5) is 12.1. The first-order chi connectivity index (χ1) is 12.2. The number of nitrogens with zero attached hydrogens (tertiary/aromatic N) is 2. The first kappa shape index (κ1) is 17.6. The Labute approximate surface area is 144 Å². The summed E-state index contributed by atoms with van der Waals surface area (Å²) in [5, 5.41) is 11.4. The van der Waals surface area contributed by atoms with Crippen molar-refractivity contribution >= 4 is 11.6 Å². The van der Waals surface area contributed by atoms with Crippen molar-refractivity contribution in [1.82, 2.24) is 15.4 Å². The van der Waals surface area contributed by atoms with Gasteiger partial charge >= 0.3 is 6.18 Å². The molecular weight excluding hydrogens is 356 g/mol. The van der Waals surface area contributed by atoms with Crippen LogP contribution in [0.5, 0.6) is 0 Å². The Bertz CT molecular complexity index is 975. The summed E-state index contributed by atoms with van der Waals surface area (Å²) >= 11 is 0. The fourth-order valence-electron chi connectivity index (χ4n) is 2.44. The number of carbonyl (C=O) groups is 1. The summed E-state index contributed by atoms with van der Waals surface area (Å²) in [5.41, 5.74) is -1.20. The third-order valence-electron chi connectivity index (χ3n) is 3.77. The third kappa shape index (κ3) is 3.17. The molecular formula is C16H12F4N4O2. The summed E-state index contributed by atoms with van der Waals surface area (Å²) in [6.07, 6.45) is -3.39. The lowest BCUT2D eigenvalue weighted by Gasteiger charge is -2.08. The molecule has 0 atom stereocenters. The summed E-state index contributed by atoms with van der Waals surface area (Å²) in [6, 6.07) is 3.60. The van der Waals surface area contributed by atoms with E-state index in [4.69, 9.17) is 4.52 Å². The molecule has 26 heavy (non-hydrogen) atoms. The number of H-pyrrole nitrogens is 1. The Balaban J connectivity index is 1.88. The molecule has 2 heterocycles. The predicted molar refractivity (Wildman–Crippen MR) is 82.9 cm³/mol. The van der Waals surface area contributed by atoms with Gasteiger partial charge in [-0.25, -0.2) is 4.39 Å². The Morgan fingerprint density at radius 3 is 2.54 bits per heavy atom. The van der Waals surface area contributed by atoms with Crippen molar-refractivity contribution in [1.29, 1.82) is 0 Å². The quantitative estimate of drug-likeness (QED) is 0.682. The smallest absolute Gasteiger partial charge is 0.361 e. The Morgan fingerprint density at radius 1 is 1.27 bits per heavy atom. The highest BCUT2D eigenvalue weighted by atomic mass is 19.4. The average molecular weight is 368 g/mol. The number of nitrogens with one attached hydrogen (secondary N) is 2. The van der Waals surface area contributed by atoms with Crippen LogP contribution in [0.3, 0.4) is 0 Å². The van der Waals surface area contributed by atoms with Gasteiger partial charge in [-0.1, -0.05) is 5.16 Å². The molecule has 0 radical (unpaired) electrons. The first-order valence-corrected chi connectivity index (χ1v) is 7.33. The van der Waals surface area contributed by atoms with Crippen molar-refractivity contribution in [2.24, 2.45) is 0 Å². The molecule has 136 valence electrons.